The lowest BCUT2D eigenvalue weighted by Crippen LogP contribution is -2.13. The highest BCUT2D eigenvalue weighted by molar-refractivity contribution is 5.59. The molecule has 4 N–H and O–H groups in total. The van der Waals surface area contributed by atoms with Gasteiger partial charge in [-0.3, -0.25) is 0 Å². The van der Waals surface area contributed by atoms with Crippen LogP contribution in [0.15, 0.2) is 30.3 Å². The largest absolute Gasteiger partial charge is 0.497 e. The number of rotatable bonds is 3. The molecule has 21 heavy (non-hydrogen) atoms. The number of aromatic nitrogens is 1. The standard InChI is InChI=1S/C16H21N3O2/c1-16(2,3)11-9-10(20-4)5-7-13(11)21-14-8-6-12(17)15(18)19-14/h5-9H,17H2,1-4H3,(H2,18,19). The molecule has 0 aliphatic carbocycles. The predicted octanol–water partition coefficient (Wildman–Crippen LogP) is 3.34. The number of nitrogens with zero attached hydrogens (tertiary/aromatic N) is 1. The van der Waals surface area contributed by atoms with E-state index in [1.807, 2.05) is 18.2 Å². The first-order valence-electron chi connectivity index (χ1n) is 6.69. The average Bonchev–Trinajstić information content (AvgIpc) is 2.42. The van der Waals surface area contributed by atoms with Gasteiger partial charge in [-0.25, -0.2) is 0 Å². The lowest BCUT2D eigenvalue weighted by Gasteiger charge is -2.23. The molecular formula is C16H21N3O2. The summed E-state index contributed by atoms with van der Waals surface area (Å²) in [6, 6.07) is 9.06. The molecule has 5 nitrogen and oxygen atoms in total. The van der Waals surface area contributed by atoms with Crippen molar-refractivity contribution in [1.82, 2.24) is 4.98 Å². The Balaban J connectivity index is 2.41. The van der Waals surface area contributed by atoms with Crippen molar-refractivity contribution in [2.24, 2.45) is 0 Å². The van der Waals surface area contributed by atoms with Crippen molar-refractivity contribution >= 4 is 11.5 Å². The smallest absolute Gasteiger partial charge is 0.221 e. The summed E-state index contributed by atoms with van der Waals surface area (Å²) in [5.41, 5.74) is 12.7. The molecule has 0 bridgehead atoms. The van der Waals surface area contributed by atoms with Gasteiger partial charge in [0.2, 0.25) is 5.88 Å². The third-order valence-electron chi connectivity index (χ3n) is 3.14. The number of hydrogen-bond acceptors (Lipinski definition) is 5. The third-order valence-corrected chi connectivity index (χ3v) is 3.14. The SMILES string of the molecule is COc1ccc(Oc2ccc(N)c(N)n2)c(C(C)(C)C)c1. The fourth-order valence-corrected chi connectivity index (χ4v) is 1.95. The quantitative estimate of drug-likeness (QED) is 0.904. The summed E-state index contributed by atoms with van der Waals surface area (Å²) in [6.45, 7) is 6.33. The first kappa shape index (κ1) is 15.0. The molecule has 0 spiro atoms. The van der Waals surface area contributed by atoms with Crippen LogP contribution in [0.5, 0.6) is 17.4 Å². The monoisotopic (exact) mass is 287 g/mol. The zero-order valence-electron chi connectivity index (χ0n) is 12.8. The number of nitrogen functional groups attached to an aromatic ring is 2. The molecule has 0 amide bonds. The van der Waals surface area contributed by atoms with E-state index in [4.69, 9.17) is 20.9 Å². The molecule has 0 atom stereocenters. The summed E-state index contributed by atoms with van der Waals surface area (Å²) in [6.07, 6.45) is 0. The second kappa shape index (κ2) is 5.52. The highest BCUT2D eigenvalue weighted by Crippen LogP contribution is 2.36. The molecule has 0 saturated carbocycles. The minimum Gasteiger partial charge on any atom is -0.497 e. The molecule has 0 radical (unpaired) electrons. The molecule has 0 unspecified atom stereocenters. The molecule has 112 valence electrons. The summed E-state index contributed by atoms with van der Waals surface area (Å²) in [7, 11) is 1.64. The zero-order chi connectivity index (χ0) is 15.6. The van der Waals surface area contributed by atoms with E-state index in [0.29, 0.717) is 11.6 Å². The van der Waals surface area contributed by atoms with Gasteiger partial charge in [0.05, 0.1) is 12.8 Å². The van der Waals surface area contributed by atoms with Crippen molar-refractivity contribution < 1.29 is 9.47 Å². The van der Waals surface area contributed by atoms with Crippen LogP contribution in [0.3, 0.4) is 0 Å². The Labute approximate surface area is 124 Å². The maximum atomic E-state index is 5.87. The van der Waals surface area contributed by atoms with Gasteiger partial charge in [-0.1, -0.05) is 20.8 Å². The van der Waals surface area contributed by atoms with Crippen LogP contribution in [0.1, 0.15) is 26.3 Å². The van der Waals surface area contributed by atoms with E-state index in [1.165, 1.54) is 0 Å². The molecule has 1 aromatic heterocycles. The Kier molecular flexibility index (Phi) is 3.93. The summed E-state index contributed by atoms with van der Waals surface area (Å²) in [4.78, 5) is 4.13. The van der Waals surface area contributed by atoms with Crippen LogP contribution in [-0.2, 0) is 5.41 Å². The van der Waals surface area contributed by atoms with Crippen LogP contribution in [0.2, 0.25) is 0 Å². The number of methoxy groups -OCH3 is 1. The summed E-state index contributed by atoms with van der Waals surface area (Å²) < 4.78 is 11.2. The Morgan fingerprint density at radius 3 is 2.33 bits per heavy atom. The van der Waals surface area contributed by atoms with E-state index in [0.717, 1.165) is 17.1 Å². The van der Waals surface area contributed by atoms with E-state index < -0.39 is 0 Å². The molecule has 0 saturated heterocycles. The van der Waals surface area contributed by atoms with Gasteiger partial charge in [-0.15, -0.1) is 0 Å². The van der Waals surface area contributed by atoms with E-state index in [-0.39, 0.29) is 11.2 Å². The number of nitrogens with two attached hydrogens (primary N) is 2. The fraction of sp³-hybridized carbons (Fsp3) is 0.312. The summed E-state index contributed by atoms with van der Waals surface area (Å²) >= 11 is 0. The van der Waals surface area contributed by atoms with Crippen LogP contribution in [-0.4, -0.2) is 12.1 Å². The van der Waals surface area contributed by atoms with E-state index >= 15 is 0 Å². The molecule has 1 heterocycles. The molecule has 5 heteroatoms. The van der Waals surface area contributed by atoms with Gasteiger partial charge in [-0.05, 0) is 29.7 Å². The number of hydrogen-bond donors (Lipinski definition) is 2. The van der Waals surface area contributed by atoms with Gasteiger partial charge in [-0.2, -0.15) is 4.98 Å². The van der Waals surface area contributed by atoms with Gasteiger partial charge >= 0.3 is 0 Å². The molecule has 0 aliphatic heterocycles. The molecule has 0 aliphatic rings. The van der Waals surface area contributed by atoms with Crippen molar-refractivity contribution in [2.45, 2.75) is 26.2 Å². The van der Waals surface area contributed by atoms with Crippen molar-refractivity contribution in [3.8, 4) is 17.4 Å². The maximum absolute atomic E-state index is 5.87. The maximum Gasteiger partial charge on any atom is 0.221 e. The second-order valence-electron chi connectivity index (χ2n) is 5.84. The lowest BCUT2D eigenvalue weighted by atomic mass is 9.86. The molecule has 1 aromatic carbocycles. The molecular weight excluding hydrogens is 266 g/mol. The predicted molar refractivity (Wildman–Crippen MR) is 84.8 cm³/mol. The van der Waals surface area contributed by atoms with Gasteiger partial charge in [0.25, 0.3) is 0 Å². The zero-order valence-corrected chi connectivity index (χ0v) is 12.8. The van der Waals surface area contributed by atoms with Gasteiger partial charge in [0.15, 0.2) is 5.82 Å². The van der Waals surface area contributed by atoms with Crippen molar-refractivity contribution in [3.63, 3.8) is 0 Å². The number of ether oxygens (including phenoxy) is 2. The highest BCUT2D eigenvalue weighted by atomic mass is 16.5. The normalized spacial score (nSPS) is 11.2. The first-order valence-corrected chi connectivity index (χ1v) is 6.69. The van der Waals surface area contributed by atoms with Crippen molar-refractivity contribution in [1.29, 1.82) is 0 Å². The molecule has 0 fully saturated rings. The van der Waals surface area contributed by atoms with Gasteiger partial charge in [0.1, 0.15) is 11.5 Å². The van der Waals surface area contributed by atoms with Crippen LogP contribution < -0.4 is 20.9 Å². The lowest BCUT2D eigenvalue weighted by molar-refractivity contribution is 0.405. The van der Waals surface area contributed by atoms with E-state index in [1.54, 1.807) is 19.2 Å². The Hall–Kier alpha value is -2.43. The Morgan fingerprint density at radius 1 is 1.05 bits per heavy atom. The second-order valence-corrected chi connectivity index (χ2v) is 5.84. The number of benzene rings is 1. The molecule has 2 rings (SSSR count). The van der Waals surface area contributed by atoms with Crippen molar-refractivity contribution in [3.05, 3.63) is 35.9 Å². The highest BCUT2D eigenvalue weighted by Gasteiger charge is 2.20. The molecule has 2 aromatic rings. The summed E-state index contributed by atoms with van der Waals surface area (Å²) in [5, 5.41) is 0. The fourth-order valence-electron chi connectivity index (χ4n) is 1.95. The van der Waals surface area contributed by atoms with Gasteiger partial charge in [0, 0.05) is 11.6 Å². The average molecular weight is 287 g/mol. The van der Waals surface area contributed by atoms with Crippen molar-refractivity contribution in [2.75, 3.05) is 18.6 Å². The van der Waals surface area contributed by atoms with E-state index in [2.05, 4.69) is 25.8 Å². The Morgan fingerprint density at radius 2 is 1.76 bits per heavy atom. The van der Waals surface area contributed by atoms with E-state index in [9.17, 15) is 0 Å². The minimum absolute atomic E-state index is 0.0940. The minimum atomic E-state index is -0.0940. The van der Waals surface area contributed by atoms with Crippen LogP contribution in [0, 0.1) is 0 Å². The van der Waals surface area contributed by atoms with Crippen LogP contribution >= 0.6 is 0 Å². The van der Waals surface area contributed by atoms with Crippen LogP contribution in [0.4, 0.5) is 11.5 Å². The van der Waals surface area contributed by atoms with Crippen LogP contribution in [0.25, 0.3) is 0 Å². The number of anilines is 2. The first-order chi connectivity index (χ1) is 9.81. The third kappa shape index (κ3) is 3.37. The Bertz CT molecular complexity index is 648. The number of pyridine rings is 1. The summed E-state index contributed by atoms with van der Waals surface area (Å²) in [5.74, 6) is 2.19. The topological polar surface area (TPSA) is 83.4 Å². The van der Waals surface area contributed by atoms with Gasteiger partial charge < -0.3 is 20.9 Å².